The minimum absolute atomic E-state index is 0.252. The van der Waals surface area contributed by atoms with Crippen molar-refractivity contribution in [2.75, 3.05) is 0 Å². The van der Waals surface area contributed by atoms with E-state index in [0.717, 1.165) is 21.5 Å². The number of halogens is 2. The maximum Gasteiger partial charge on any atom is 0.0454 e. The van der Waals surface area contributed by atoms with Crippen molar-refractivity contribution in [3.8, 4) is 0 Å². The molecule has 0 aliphatic heterocycles. The molecule has 1 aliphatic rings. The van der Waals surface area contributed by atoms with Crippen LogP contribution in [0.2, 0.25) is 10.0 Å². The van der Waals surface area contributed by atoms with E-state index >= 15 is 0 Å². The summed E-state index contributed by atoms with van der Waals surface area (Å²) in [5.41, 5.74) is 1.08. The van der Waals surface area contributed by atoms with E-state index in [1.807, 2.05) is 18.2 Å². The molecule has 0 bridgehead atoms. The predicted molar refractivity (Wildman–Crippen MR) is 70.2 cm³/mol. The molecule has 1 aromatic carbocycles. The molecule has 1 fully saturated rings. The van der Waals surface area contributed by atoms with Crippen LogP contribution < -0.4 is 5.32 Å². The van der Waals surface area contributed by atoms with Crippen molar-refractivity contribution in [2.24, 2.45) is 5.92 Å². The van der Waals surface area contributed by atoms with E-state index in [1.165, 1.54) is 12.8 Å². The van der Waals surface area contributed by atoms with Crippen molar-refractivity contribution in [2.45, 2.75) is 38.8 Å². The highest BCUT2D eigenvalue weighted by Gasteiger charge is 2.28. The van der Waals surface area contributed by atoms with Gasteiger partial charge in [0, 0.05) is 22.1 Å². The summed E-state index contributed by atoms with van der Waals surface area (Å²) in [6.07, 6.45) is 2.70. The Kier molecular flexibility index (Phi) is 3.78. The second-order valence-corrected chi connectivity index (χ2v) is 5.52. The van der Waals surface area contributed by atoms with Crippen LogP contribution in [0.5, 0.6) is 0 Å². The summed E-state index contributed by atoms with van der Waals surface area (Å²) in [7, 11) is 0. The molecule has 0 aromatic heterocycles. The number of rotatable bonds is 4. The van der Waals surface area contributed by atoms with Crippen LogP contribution in [0.15, 0.2) is 18.2 Å². The molecule has 0 amide bonds. The lowest BCUT2D eigenvalue weighted by Gasteiger charge is -2.21. The van der Waals surface area contributed by atoms with Crippen molar-refractivity contribution in [3.05, 3.63) is 33.8 Å². The zero-order valence-electron chi connectivity index (χ0n) is 9.63. The SMILES string of the molecule is CC(NC(C)C1CC1)c1cc(Cl)ccc1Cl. The van der Waals surface area contributed by atoms with Crippen LogP contribution in [0.25, 0.3) is 0 Å². The Balaban J connectivity index is 2.06. The van der Waals surface area contributed by atoms with Gasteiger partial charge in [-0.3, -0.25) is 0 Å². The molecule has 1 saturated carbocycles. The van der Waals surface area contributed by atoms with E-state index in [4.69, 9.17) is 23.2 Å². The van der Waals surface area contributed by atoms with Crippen LogP contribution in [0.3, 0.4) is 0 Å². The van der Waals surface area contributed by atoms with Crippen molar-refractivity contribution in [1.82, 2.24) is 5.32 Å². The Morgan fingerprint density at radius 3 is 2.56 bits per heavy atom. The first-order valence-electron chi connectivity index (χ1n) is 5.79. The van der Waals surface area contributed by atoms with Gasteiger partial charge < -0.3 is 5.32 Å². The standard InChI is InChI=1S/C13H17Cl2N/c1-8(10-3-4-10)16-9(2)12-7-11(14)5-6-13(12)15/h5-10,16H,3-4H2,1-2H3. The fraction of sp³-hybridized carbons (Fsp3) is 0.538. The van der Waals surface area contributed by atoms with E-state index in [0.29, 0.717) is 6.04 Å². The van der Waals surface area contributed by atoms with Gasteiger partial charge in [-0.1, -0.05) is 23.2 Å². The molecule has 0 heterocycles. The Hall–Kier alpha value is -0.240. The molecule has 2 atom stereocenters. The molecule has 1 aromatic rings. The highest BCUT2D eigenvalue weighted by Crippen LogP contribution is 2.34. The second-order valence-electron chi connectivity index (χ2n) is 4.68. The highest BCUT2D eigenvalue weighted by atomic mass is 35.5. The van der Waals surface area contributed by atoms with Crippen molar-refractivity contribution in [1.29, 1.82) is 0 Å². The molecule has 1 nitrogen and oxygen atoms in total. The fourth-order valence-corrected chi connectivity index (χ4v) is 2.52. The normalized spacial score (nSPS) is 19.5. The van der Waals surface area contributed by atoms with Crippen molar-refractivity contribution < 1.29 is 0 Å². The lowest BCUT2D eigenvalue weighted by atomic mass is 10.1. The molecule has 2 rings (SSSR count). The molecule has 1 aliphatic carbocycles. The summed E-state index contributed by atoms with van der Waals surface area (Å²) in [5.74, 6) is 0.848. The number of nitrogens with one attached hydrogen (secondary N) is 1. The van der Waals surface area contributed by atoms with Crippen LogP contribution in [0.1, 0.15) is 38.3 Å². The molecule has 16 heavy (non-hydrogen) atoms. The third kappa shape index (κ3) is 2.91. The first-order valence-corrected chi connectivity index (χ1v) is 6.54. The van der Waals surface area contributed by atoms with Crippen LogP contribution in [0, 0.1) is 5.92 Å². The number of hydrogen-bond donors (Lipinski definition) is 1. The monoisotopic (exact) mass is 257 g/mol. The fourth-order valence-electron chi connectivity index (χ4n) is 2.06. The molecule has 0 saturated heterocycles. The van der Waals surface area contributed by atoms with Gasteiger partial charge in [-0.05, 0) is 56.4 Å². The average Bonchev–Trinajstić information content (AvgIpc) is 3.04. The Morgan fingerprint density at radius 1 is 1.25 bits per heavy atom. The quantitative estimate of drug-likeness (QED) is 0.841. The van der Waals surface area contributed by atoms with Gasteiger partial charge in [-0.2, -0.15) is 0 Å². The van der Waals surface area contributed by atoms with Gasteiger partial charge in [0.1, 0.15) is 0 Å². The van der Waals surface area contributed by atoms with Crippen molar-refractivity contribution in [3.63, 3.8) is 0 Å². The second kappa shape index (κ2) is 4.95. The van der Waals surface area contributed by atoms with Gasteiger partial charge in [-0.25, -0.2) is 0 Å². The first-order chi connectivity index (χ1) is 7.58. The van der Waals surface area contributed by atoms with Gasteiger partial charge in [0.2, 0.25) is 0 Å². The molecule has 3 heteroatoms. The van der Waals surface area contributed by atoms with Gasteiger partial charge in [0.05, 0.1) is 0 Å². The summed E-state index contributed by atoms with van der Waals surface area (Å²) in [4.78, 5) is 0. The zero-order chi connectivity index (χ0) is 11.7. The lowest BCUT2D eigenvalue weighted by molar-refractivity contribution is 0.441. The third-order valence-electron chi connectivity index (χ3n) is 3.27. The summed E-state index contributed by atoms with van der Waals surface area (Å²) in [6.45, 7) is 4.38. The predicted octanol–water partition coefficient (Wildman–Crippen LogP) is 4.44. The largest absolute Gasteiger partial charge is 0.307 e. The summed E-state index contributed by atoms with van der Waals surface area (Å²) in [6, 6.07) is 6.44. The van der Waals surface area contributed by atoms with Gasteiger partial charge in [-0.15, -0.1) is 0 Å². The van der Waals surface area contributed by atoms with Gasteiger partial charge in [0.25, 0.3) is 0 Å². The molecule has 88 valence electrons. The van der Waals surface area contributed by atoms with Crippen molar-refractivity contribution >= 4 is 23.2 Å². The number of hydrogen-bond acceptors (Lipinski definition) is 1. The summed E-state index contributed by atoms with van der Waals surface area (Å²) in [5, 5.41) is 5.11. The van der Waals surface area contributed by atoms with E-state index < -0.39 is 0 Å². The molecule has 0 spiro atoms. The smallest absolute Gasteiger partial charge is 0.0454 e. The van der Waals surface area contributed by atoms with Crippen LogP contribution >= 0.6 is 23.2 Å². The van der Waals surface area contributed by atoms with Gasteiger partial charge >= 0.3 is 0 Å². The molecule has 0 radical (unpaired) electrons. The third-order valence-corrected chi connectivity index (χ3v) is 3.85. The Morgan fingerprint density at radius 2 is 1.94 bits per heavy atom. The average molecular weight is 258 g/mol. The zero-order valence-corrected chi connectivity index (χ0v) is 11.1. The lowest BCUT2D eigenvalue weighted by Crippen LogP contribution is -2.30. The molecular weight excluding hydrogens is 241 g/mol. The first kappa shape index (κ1) is 12.2. The van der Waals surface area contributed by atoms with E-state index in [2.05, 4.69) is 19.2 Å². The molecular formula is C13H17Cl2N. The molecule has 1 N–H and O–H groups in total. The maximum absolute atomic E-state index is 6.17. The number of benzene rings is 1. The topological polar surface area (TPSA) is 12.0 Å². The Bertz CT molecular complexity index is 374. The van der Waals surface area contributed by atoms with Gasteiger partial charge in [0.15, 0.2) is 0 Å². The van der Waals surface area contributed by atoms with Crippen LogP contribution in [-0.4, -0.2) is 6.04 Å². The minimum Gasteiger partial charge on any atom is -0.307 e. The van der Waals surface area contributed by atoms with E-state index in [-0.39, 0.29) is 6.04 Å². The van der Waals surface area contributed by atoms with E-state index in [9.17, 15) is 0 Å². The summed E-state index contributed by atoms with van der Waals surface area (Å²) < 4.78 is 0. The molecule has 2 unspecified atom stereocenters. The van der Waals surface area contributed by atoms with E-state index in [1.54, 1.807) is 0 Å². The van der Waals surface area contributed by atoms with Crippen LogP contribution in [0.4, 0.5) is 0 Å². The summed E-state index contributed by atoms with van der Waals surface area (Å²) >= 11 is 12.2. The van der Waals surface area contributed by atoms with Crippen LogP contribution in [-0.2, 0) is 0 Å². The highest BCUT2D eigenvalue weighted by molar-refractivity contribution is 6.33. The Labute approximate surface area is 107 Å². The maximum atomic E-state index is 6.17. The minimum atomic E-state index is 0.252.